The Labute approximate surface area is 233 Å². The van der Waals surface area contributed by atoms with Gasteiger partial charge >= 0.3 is 5.97 Å². The number of methoxy groups -OCH3 is 1. The zero-order valence-corrected chi connectivity index (χ0v) is 23.1. The van der Waals surface area contributed by atoms with Crippen molar-refractivity contribution in [2.75, 3.05) is 26.8 Å². The van der Waals surface area contributed by atoms with E-state index in [1.807, 2.05) is 44.2 Å². The highest BCUT2D eigenvalue weighted by Crippen LogP contribution is 2.49. The van der Waals surface area contributed by atoms with Gasteiger partial charge in [-0.05, 0) is 75.2 Å². The first kappa shape index (κ1) is 26.3. The summed E-state index contributed by atoms with van der Waals surface area (Å²) in [6, 6.07) is 17.2. The van der Waals surface area contributed by atoms with Crippen molar-refractivity contribution in [2.45, 2.75) is 51.5 Å². The summed E-state index contributed by atoms with van der Waals surface area (Å²) in [6.07, 6.45) is 1.97. The molecule has 1 saturated heterocycles. The summed E-state index contributed by atoms with van der Waals surface area (Å²) in [5.41, 5.74) is 4.75. The number of likely N-dealkylation sites (tertiary alicyclic amines) is 1. The van der Waals surface area contributed by atoms with E-state index in [0.29, 0.717) is 25.6 Å². The number of piperidine rings is 1. The molecule has 0 spiro atoms. The third-order valence-corrected chi connectivity index (χ3v) is 7.95. The highest BCUT2D eigenvalue weighted by atomic mass is 16.7. The zero-order valence-electron chi connectivity index (χ0n) is 23.1. The SMILES string of the molecule is COCCn1c(CN2CCC(c3cccc4c3OC(C)(c3cccc(C)n3)O4)CC2)nc2ccc(C(=O)O)cc21. The maximum atomic E-state index is 11.6. The second-order valence-corrected chi connectivity index (χ2v) is 10.7. The van der Waals surface area contributed by atoms with Crippen LogP contribution in [0.15, 0.2) is 54.6 Å². The molecular weight excluding hydrogens is 508 g/mol. The molecule has 0 bridgehead atoms. The van der Waals surface area contributed by atoms with Gasteiger partial charge in [-0.15, -0.1) is 0 Å². The quantitative estimate of drug-likeness (QED) is 0.328. The standard InChI is InChI=1S/C31H34N4O5/c1-20-6-4-9-27(32-20)31(2)39-26-8-5-7-23(29(26)40-31)21-12-14-34(15-13-21)19-28-33-24-11-10-22(30(36)37)18-25(24)35(28)16-17-38-3/h4-11,18,21H,12-17,19H2,1-3H3,(H,36,37). The Bertz CT molecular complexity index is 1560. The summed E-state index contributed by atoms with van der Waals surface area (Å²) < 4.78 is 20.2. The van der Waals surface area contributed by atoms with Crippen LogP contribution in [0.25, 0.3) is 11.0 Å². The molecule has 2 aromatic heterocycles. The van der Waals surface area contributed by atoms with Crippen molar-refractivity contribution in [1.82, 2.24) is 19.4 Å². The van der Waals surface area contributed by atoms with Crippen molar-refractivity contribution in [3.63, 3.8) is 0 Å². The molecule has 0 amide bonds. The molecule has 0 aliphatic carbocycles. The number of nitrogens with zero attached hydrogens (tertiary/aromatic N) is 4. The minimum Gasteiger partial charge on any atom is -0.478 e. The molecular formula is C31H34N4O5. The molecule has 1 unspecified atom stereocenters. The fraction of sp³-hybridized carbons (Fsp3) is 0.387. The first-order valence-electron chi connectivity index (χ1n) is 13.7. The zero-order chi connectivity index (χ0) is 27.9. The Morgan fingerprint density at radius 2 is 1.90 bits per heavy atom. The number of aromatic carboxylic acids is 1. The molecule has 4 aromatic rings. The maximum absolute atomic E-state index is 11.6. The molecule has 0 saturated carbocycles. The number of rotatable bonds is 8. The lowest BCUT2D eigenvalue weighted by atomic mass is 9.88. The van der Waals surface area contributed by atoms with E-state index in [0.717, 1.165) is 65.7 Å². The van der Waals surface area contributed by atoms with E-state index in [2.05, 4.69) is 20.5 Å². The van der Waals surface area contributed by atoms with E-state index in [4.69, 9.17) is 19.2 Å². The highest BCUT2D eigenvalue weighted by molar-refractivity contribution is 5.92. The lowest BCUT2D eigenvalue weighted by Gasteiger charge is -2.32. The van der Waals surface area contributed by atoms with E-state index in [9.17, 15) is 9.90 Å². The fourth-order valence-corrected chi connectivity index (χ4v) is 5.83. The second kappa shape index (κ2) is 10.6. The molecule has 9 heteroatoms. The Kier molecular flexibility index (Phi) is 6.93. The van der Waals surface area contributed by atoms with Crippen molar-refractivity contribution >= 4 is 17.0 Å². The van der Waals surface area contributed by atoms with Crippen LogP contribution >= 0.6 is 0 Å². The number of imidazole rings is 1. The average Bonchev–Trinajstić information content (AvgIpc) is 3.48. The number of aryl methyl sites for hydroxylation is 1. The molecule has 1 N–H and O–H groups in total. The maximum Gasteiger partial charge on any atom is 0.335 e. The van der Waals surface area contributed by atoms with E-state index in [-0.39, 0.29) is 5.56 Å². The number of carboxylic acid groups (broad SMARTS) is 1. The van der Waals surface area contributed by atoms with Gasteiger partial charge in [-0.25, -0.2) is 14.8 Å². The third kappa shape index (κ3) is 4.91. The second-order valence-electron chi connectivity index (χ2n) is 10.7. The topological polar surface area (TPSA) is 98.9 Å². The van der Waals surface area contributed by atoms with Gasteiger partial charge in [0.25, 0.3) is 5.79 Å². The summed E-state index contributed by atoms with van der Waals surface area (Å²) in [5.74, 6) is 0.968. The summed E-state index contributed by atoms with van der Waals surface area (Å²) in [6.45, 7) is 7.56. The molecule has 4 heterocycles. The lowest BCUT2D eigenvalue weighted by molar-refractivity contribution is -0.0723. The number of para-hydroxylation sites is 1. The number of carboxylic acids is 1. The Morgan fingerprint density at radius 1 is 1.10 bits per heavy atom. The van der Waals surface area contributed by atoms with E-state index in [1.54, 1.807) is 25.3 Å². The highest BCUT2D eigenvalue weighted by Gasteiger charge is 2.42. The molecule has 208 valence electrons. The number of hydrogen-bond acceptors (Lipinski definition) is 7. The van der Waals surface area contributed by atoms with E-state index < -0.39 is 11.8 Å². The minimum absolute atomic E-state index is 0.259. The molecule has 2 aliphatic rings. The first-order chi connectivity index (χ1) is 19.3. The van der Waals surface area contributed by atoms with Crippen molar-refractivity contribution in [3.8, 4) is 11.5 Å². The van der Waals surface area contributed by atoms with Crippen LogP contribution in [0.3, 0.4) is 0 Å². The van der Waals surface area contributed by atoms with Crippen LogP contribution in [0.5, 0.6) is 11.5 Å². The predicted octanol–water partition coefficient (Wildman–Crippen LogP) is 5.11. The molecule has 6 rings (SSSR count). The number of ether oxygens (including phenoxy) is 3. The van der Waals surface area contributed by atoms with Gasteiger partial charge in [0.05, 0.1) is 29.7 Å². The van der Waals surface area contributed by atoms with Crippen molar-refractivity contribution < 1.29 is 24.1 Å². The third-order valence-electron chi connectivity index (χ3n) is 7.95. The Hall–Kier alpha value is -3.95. The van der Waals surface area contributed by atoms with E-state index in [1.165, 1.54) is 5.56 Å². The monoisotopic (exact) mass is 542 g/mol. The summed E-state index contributed by atoms with van der Waals surface area (Å²) in [5, 5.41) is 9.47. The van der Waals surface area contributed by atoms with Crippen molar-refractivity contribution in [1.29, 1.82) is 0 Å². The number of carbonyl (C=O) groups is 1. The summed E-state index contributed by atoms with van der Waals surface area (Å²) in [7, 11) is 1.67. The molecule has 1 fully saturated rings. The van der Waals surface area contributed by atoms with Crippen molar-refractivity contribution in [2.24, 2.45) is 0 Å². The van der Waals surface area contributed by atoms with Crippen LogP contribution in [-0.2, 0) is 23.6 Å². The van der Waals surface area contributed by atoms with Crippen LogP contribution in [0, 0.1) is 6.92 Å². The van der Waals surface area contributed by atoms with Gasteiger partial charge in [-0.2, -0.15) is 0 Å². The number of fused-ring (bicyclic) bond motifs is 2. The van der Waals surface area contributed by atoms with Gasteiger partial charge in [-0.3, -0.25) is 4.90 Å². The molecule has 1 atom stereocenters. The largest absolute Gasteiger partial charge is 0.478 e. The van der Waals surface area contributed by atoms with Crippen LogP contribution in [0.1, 0.15) is 58.8 Å². The smallest absolute Gasteiger partial charge is 0.335 e. The van der Waals surface area contributed by atoms with Crippen LogP contribution in [-0.4, -0.2) is 57.3 Å². The van der Waals surface area contributed by atoms with Crippen molar-refractivity contribution in [3.05, 3.63) is 82.9 Å². The van der Waals surface area contributed by atoms with Gasteiger partial charge in [0.1, 0.15) is 11.5 Å². The normalized spacial score (nSPS) is 19.4. The molecule has 2 aromatic carbocycles. The number of aromatic nitrogens is 3. The number of pyridine rings is 1. The molecule has 40 heavy (non-hydrogen) atoms. The number of benzene rings is 2. The number of hydrogen-bond donors (Lipinski definition) is 1. The summed E-state index contributed by atoms with van der Waals surface area (Å²) >= 11 is 0. The van der Waals surface area contributed by atoms with E-state index >= 15 is 0 Å². The molecule has 0 radical (unpaired) electrons. The predicted molar refractivity (Wildman–Crippen MR) is 150 cm³/mol. The fourth-order valence-electron chi connectivity index (χ4n) is 5.83. The lowest BCUT2D eigenvalue weighted by Crippen LogP contribution is -2.34. The van der Waals surface area contributed by atoms with Crippen LogP contribution in [0.2, 0.25) is 0 Å². The Morgan fingerprint density at radius 3 is 2.65 bits per heavy atom. The Balaban J connectivity index is 1.18. The first-order valence-corrected chi connectivity index (χ1v) is 13.7. The van der Waals surface area contributed by atoms with Gasteiger partial charge < -0.3 is 23.9 Å². The van der Waals surface area contributed by atoms with Crippen LogP contribution < -0.4 is 9.47 Å². The summed E-state index contributed by atoms with van der Waals surface area (Å²) in [4.78, 5) is 23.5. The van der Waals surface area contributed by atoms with Gasteiger partial charge in [0.15, 0.2) is 11.5 Å². The molecule has 9 nitrogen and oxygen atoms in total. The molecule has 2 aliphatic heterocycles. The van der Waals surface area contributed by atoms with Crippen LogP contribution in [0.4, 0.5) is 0 Å². The van der Waals surface area contributed by atoms with Gasteiger partial charge in [-0.1, -0.05) is 18.2 Å². The average molecular weight is 543 g/mol. The van der Waals surface area contributed by atoms with Gasteiger partial charge in [0, 0.05) is 31.8 Å². The minimum atomic E-state index is -0.951. The van der Waals surface area contributed by atoms with Gasteiger partial charge in [0.2, 0.25) is 0 Å².